The van der Waals surface area contributed by atoms with Gasteiger partial charge in [0.15, 0.2) is 0 Å². The van der Waals surface area contributed by atoms with E-state index in [0.717, 1.165) is 39.0 Å². The fraction of sp³-hybridized carbons (Fsp3) is 0.600. The summed E-state index contributed by atoms with van der Waals surface area (Å²) < 4.78 is 5.36. The van der Waals surface area contributed by atoms with E-state index in [2.05, 4.69) is 31.2 Å². The largest absolute Gasteiger partial charge is 0.382 e. The molecule has 17 heavy (non-hydrogen) atoms. The summed E-state index contributed by atoms with van der Waals surface area (Å²) >= 11 is 0. The van der Waals surface area contributed by atoms with Gasteiger partial charge in [-0.05, 0) is 51.1 Å². The summed E-state index contributed by atoms with van der Waals surface area (Å²) in [6.45, 7) is 6.61. The Labute approximate surface area is 105 Å². The molecule has 0 bridgehead atoms. The van der Waals surface area contributed by atoms with Gasteiger partial charge in [-0.25, -0.2) is 0 Å². The Kier molecular flexibility index (Phi) is 6.90. The molecule has 0 aliphatic carbocycles. The summed E-state index contributed by atoms with van der Waals surface area (Å²) in [5, 5.41) is 0. The predicted octanol–water partition coefficient (Wildman–Crippen LogP) is 2.93. The Morgan fingerprint density at radius 3 is 2.82 bits per heavy atom. The van der Waals surface area contributed by atoms with E-state index in [9.17, 15) is 0 Å². The lowest BCUT2D eigenvalue weighted by atomic mass is 9.94. The van der Waals surface area contributed by atoms with Gasteiger partial charge in [-0.2, -0.15) is 0 Å². The van der Waals surface area contributed by atoms with Crippen LogP contribution in [0.25, 0.3) is 0 Å². The van der Waals surface area contributed by atoms with Crippen molar-refractivity contribution in [3.63, 3.8) is 0 Å². The van der Waals surface area contributed by atoms with Crippen LogP contribution in [-0.2, 0) is 11.2 Å². The van der Waals surface area contributed by atoms with Crippen molar-refractivity contribution >= 4 is 0 Å². The lowest BCUT2D eigenvalue weighted by molar-refractivity contribution is 0.139. The summed E-state index contributed by atoms with van der Waals surface area (Å²) in [6, 6.07) is 8.71. The first-order valence-corrected chi connectivity index (χ1v) is 6.59. The third-order valence-corrected chi connectivity index (χ3v) is 3.05. The molecular weight excluding hydrogens is 210 g/mol. The monoisotopic (exact) mass is 235 g/mol. The minimum absolute atomic E-state index is 0.581. The zero-order chi connectivity index (χ0) is 12.5. The third-order valence-electron chi connectivity index (χ3n) is 3.05. The predicted molar refractivity (Wildman–Crippen MR) is 73.2 cm³/mol. The molecule has 0 saturated heterocycles. The van der Waals surface area contributed by atoms with Crippen LogP contribution < -0.4 is 5.73 Å². The van der Waals surface area contributed by atoms with Gasteiger partial charge in [-0.3, -0.25) is 0 Å². The molecule has 2 nitrogen and oxygen atoms in total. The highest BCUT2D eigenvalue weighted by Crippen LogP contribution is 2.14. The van der Waals surface area contributed by atoms with Crippen LogP contribution in [0, 0.1) is 12.8 Å². The number of ether oxygens (including phenoxy) is 1. The minimum atomic E-state index is 0.581. The molecule has 1 unspecified atom stereocenters. The van der Waals surface area contributed by atoms with E-state index in [0.29, 0.717) is 5.92 Å². The first-order valence-electron chi connectivity index (χ1n) is 6.59. The van der Waals surface area contributed by atoms with Crippen LogP contribution in [-0.4, -0.2) is 19.8 Å². The van der Waals surface area contributed by atoms with Crippen molar-refractivity contribution in [3.05, 3.63) is 35.4 Å². The van der Waals surface area contributed by atoms with Gasteiger partial charge < -0.3 is 10.5 Å². The van der Waals surface area contributed by atoms with Crippen LogP contribution in [0.1, 0.15) is 30.9 Å². The number of hydrogen-bond donors (Lipinski definition) is 1. The van der Waals surface area contributed by atoms with Gasteiger partial charge in [0.25, 0.3) is 0 Å². The molecule has 0 fully saturated rings. The van der Waals surface area contributed by atoms with Crippen molar-refractivity contribution in [2.45, 2.75) is 33.1 Å². The quantitative estimate of drug-likeness (QED) is 0.703. The number of hydrogen-bond acceptors (Lipinski definition) is 2. The molecular formula is C15H25NO. The van der Waals surface area contributed by atoms with Gasteiger partial charge >= 0.3 is 0 Å². The topological polar surface area (TPSA) is 35.2 Å². The van der Waals surface area contributed by atoms with Crippen LogP contribution in [0.2, 0.25) is 0 Å². The lowest BCUT2D eigenvalue weighted by Crippen LogP contribution is -2.17. The fourth-order valence-corrected chi connectivity index (χ4v) is 2.09. The second kappa shape index (κ2) is 8.26. The second-order valence-electron chi connectivity index (χ2n) is 4.63. The Bertz CT molecular complexity index is 312. The molecule has 0 radical (unpaired) electrons. The molecule has 0 heterocycles. The molecule has 0 amide bonds. The van der Waals surface area contributed by atoms with Crippen LogP contribution in [0.4, 0.5) is 0 Å². The normalized spacial score (nSPS) is 12.6. The van der Waals surface area contributed by atoms with E-state index in [1.807, 2.05) is 6.92 Å². The molecule has 2 N–H and O–H groups in total. The number of benzene rings is 1. The van der Waals surface area contributed by atoms with E-state index >= 15 is 0 Å². The van der Waals surface area contributed by atoms with Crippen LogP contribution in [0.5, 0.6) is 0 Å². The van der Waals surface area contributed by atoms with Crippen molar-refractivity contribution in [1.29, 1.82) is 0 Å². The molecule has 0 saturated carbocycles. The highest BCUT2D eigenvalue weighted by molar-refractivity contribution is 5.22. The van der Waals surface area contributed by atoms with Crippen LogP contribution in [0.3, 0.4) is 0 Å². The van der Waals surface area contributed by atoms with Crippen molar-refractivity contribution in [3.8, 4) is 0 Å². The smallest absolute Gasteiger partial charge is 0.0466 e. The lowest BCUT2D eigenvalue weighted by Gasteiger charge is -2.15. The standard InChI is InChI=1S/C15H25NO/c1-3-17-9-5-8-15(12-16)11-14-7-4-6-13(2)10-14/h4,6-7,10,15H,3,5,8-9,11-12,16H2,1-2H3. The molecule has 96 valence electrons. The van der Waals surface area contributed by atoms with Crippen molar-refractivity contribution in [1.82, 2.24) is 0 Å². The van der Waals surface area contributed by atoms with Gasteiger partial charge in [0.05, 0.1) is 0 Å². The van der Waals surface area contributed by atoms with E-state index < -0.39 is 0 Å². The maximum Gasteiger partial charge on any atom is 0.0466 e. The van der Waals surface area contributed by atoms with Crippen LogP contribution in [0.15, 0.2) is 24.3 Å². The summed E-state index contributed by atoms with van der Waals surface area (Å²) in [6.07, 6.45) is 3.36. The molecule has 0 spiro atoms. The number of rotatable bonds is 8. The first-order chi connectivity index (χ1) is 8.26. The number of aryl methyl sites for hydroxylation is 1. The highest BCUT2D eigenvalue weighted by atomic mass is 16.5. The Balaban J connectivity index is 2.35. The second-order valence-corrected chi connectivity index (χ2v) is 4.63. The summed E-state index contributed by atoms with van der Waals surface area (Å²) in [7, 11) is 0. The SMILES string of the molecule is CCOCCCC(CN)Cc1cccc(C)c1. The van der Waals surface area contributed by atoms with Gasteiger partial charge in [0.2, 0.25) is 0 Å². The maximum atomic E-state index is 5.83. The zero-order valence-corrected chi connectivity index (χ0v) is 11.1. The summed E-state index contributed by atoms with van der Waals surface area (Å²) in [5.74, 6) is 0.581. The van der Waals surface area contributed by atoms with Gasteiger partial charge in [0, 0.05) is 13.2 Å². The van der Waals surface area contributed by atoms with Crippen molar-refractivity contribution in [2.24, 2.45) is 11.7 Å². The van der Waals surface area contributed by atoms with Crippen molar-refractivity contribution < 1.29 is 4.74 Å². The van der Waals surface area contributed by atoms with E-state index in [1.54, 1.807) is 0 Å². The molecule has 2 heteroatoms. The average molecular weight is 235 g/mol. The molecule has 1 atom stereocenters. The van der Waals surface area contributed by atoms with Gasteiger partial charge in [-0.1, -0.05) is 29.8 Å². The maximum absolute atomic E-state index is 5.83. The molecule has 0 aliphatic heterocycles. The fourth-order valence-electron chi connectivity index (χ4n) is 2.09. The third kappa shape index (κ3) is 5.85. The van der Waals surface area contributed by atoms with E-state index in [4.69, 9.17) is 10.5 Å². The molecule has 1 aromatic rings. The van der Waals surface area contributed by atoms with Gasteiger partial charge in [-0.15, -0.1) is 0 Å². The summed E-state index contributed by atoms with van der Waals surface area (Å²) in [5.41, 5.74) is 8.56. The minimum Gasteiger partial charge on any atom is -0.382 e. The van der Waals surface area contributed by atoms with Gasteiger partial charge in [0.1, 0.15) is 0 Å². The Morgan fingerprint density at radius 2 is 2.18 bits per heavy atom. The molecule has 1 rings (SSSR count). The zero-order valence-electron chi connectivity index (χ0n) is 11.1. The van der Waals surface area contributed by atoms with E-state index in [1.165, 1.54) is 11.1 Å². The Hall–Kier alpha value is -0.860. The number of nitrogens with two attached hydrogens (primary N) is 1. The summed E-state index contributed by atoms with van der Waals surface area (Å²) in [4.78, 5) is 0. The average Bonchev–Trinajstić information content (AvgIpc) is 2.33. The molecule has 1 aromatic carbocycles. The van der Waals surface area contributed by atoms with Crippen LogP contribution >= 0.6 is 0 Å². The first kappa shape index (κ1) is 14.2. The highest BCUT2D eigenvalue weighted by Gasteiger charge is 2.07. The molecule has 0 aliphatic rings. The van der Waals surface area contributed by atoms with Crippen molar-refractivity contribution in [2.75, 3.05) is 19.8 Å². The Morgan fingerprint density at radius 1 is 1.35 bits per heavy atom. The molecule has 0 aromatic heterocycles. The van der Waals surface area contributed by atoms with E-state index in [-0.39, 0.29) is 0 Å².